The van der Waals surface area contributed by atoms with Crippen molar-refractivity contribution in [3.05, 3.63) is 45.3 Å². The number of nitrogens with zero attached hydrogens (tertiary/aromatic N) is 3. The van der Waals surface area contributed by atoms with Crippen LogP contribution in [-0.2, 0) is 21.3 Å². The Morgan fingerprint density at radius 3 is 2.56 bits per heavy atom. The summed E-state index contributed by atoms with van der Waals surface area (Å²) in [7, 11) is -3.57. The summed E-state index contributed by atoms with van der Waals surface area (Å²) in [5.74, 6) is 0.617. The van der Waals surface area contributed by atoms with Gasteiger partial charge in [0.25, 0.3) is 0 Å². The van der Waals surface area contributed by atoms with Crippen LogP contribution in [0.1, 0.15) is 11.4 Å². The van der Waals surface area contributed by atoms with Gasteiger partial charge in [-0.3, -0.25) is 0 Å². The fourth-order valence-electron chi connectivity index (χ4n) is 2.48. The number of hydrogen-bond donors (Lipinski definition) is 1. The van der Waals surface area contributed by atoms with Crippen LogP contribution in [0.2, 0.25) is 0 Å². The highest BCUT2D eigenvalue weighted by molar-refractivity contribution is 14.1. The largest absolute Gasteiger partial charge is 0.378 e. The van der Waals surface area contributed by atoms with Crippen molar-refractivity contribution in [2.45, 2.75) is 18.4 Å². The average molecular weight is 474 g/mol. The van der Waals surface area contributed by atoms with Crippen molar-refractivity contribution in [2.75, 3.05) is 31.2 Å². The highest BCUT2D eigenvalue weighted by atomic mass is 127. The molecule has 0 amide bonds. The summed E-state index contributed by atoms with van der Waals surface area (Å²) in [6.07, 6.45) is 0. The molecule has 0 spiro atoms. The lowest BCUT2D eigenvalue weighted by Crippen LogP contribution is -2.37. The third-order valence-electron chi connectivity index (χ3n) is 3.76. The van der Waals surface area contributed by atoms with Gasteiger partial charge in [-0.2, -0.15) is 0 Å². The van der Waals surface area contributed by atoms with E-state index in [0.29, 0.717) is 24.9 Å². The standard InChI is InChI=1S/C16H19IN4O3S/c1-12-10-14(20-16(19-12)21-6-8-24-9-7-21)11-18-25(22,23)15-4-2-13(17)3-5-15/h2-5,10,18H,6-9,11H2,1H3. The Bertz CT molecular complexity index is 837. The number of anilines is 1. The zero-order chi connectivity index (χ0) is 17.9. The third kappa shape index (κ3) is 4.87. The molecule has 1 N–H and O–H groups in total. The lowest BCUT2D eigenvalue weighted by Gasteiger charge is -2.27. The van der Waals surface area contributed by atoms with Crippen LogP contribution in [0.3, 0.4) is 0 Å². The second kappa shape index (κ2) is 7.94. The smallest absolute Gasteiger partial charge is 0.240 e. The number of nitrogens with one attached hydrogen (secondary N) is 1. The third-order valence-corrected chi connectivity index (χ3v) is 5.89. The zero-order valence-corrected chi connectivity index (χ0v) is 16.7. The maximum Gasteiger partial charge on any atom is 0.240 e. The van der Waals surface area contributed by atoms with E-state index in [4.69, 9.17) is 4.74 Å². The second-order valence-corrected chi connectivity index (χ2v) is 8.69. The summed E-state index contributed by atoms with van der Waals surface area (Å²) in [5.41, 5.74) is 1.45. The molecule has 2 heterocycles. The average Bonchev–Trinajstić information content (AvgIpc) is 2.61. The van der Waals surface area contributed by atoms with Gasteiger partial charge in [-0.15, -0.1) is 0 Å². The van der Waals surface area contributed by atoms with Gasteiger partial charge in [-0.1, -0.05) is 0 Å². The Morgan fingerprint density at radius 2 is 1.88 bits per heavy atom. The fourth-order valence-corrected chi connectivity index (χ4v) is 3.84. The van der Waals surface area contributed by atoms with Gasteiger partial charge < -0.3 is 9.64 Å². The van der Waals surface area contributed by atoms with E-state index in [-0.39, 0.29) is 11.4 Å². The van der Waals surface area contributed by atoms with Gasteiger partial charge in [0.1, 0.15) is 0 Å². The molecule has 25 heavy (non-hydrogen) atoms. The van der Waals surface area contributed by atoms with E-state index >= 15 is 0 Å². The molecule has 0 saturated carbocycles. The number of benzene rings is 1. The minimum Gasteiger partial charge on any atom is -0.378 e. The molecule has 1 aliphatic heterocycles. The van der Waals surface area contributed by atoms with Crippen LogP contribution in [0.5, 0.6) is 0 Å². The summed E-state index contributed by atoms with van der Waals surface area (Å²) < 4.78 is 33.7. The van der Waals surface area contributed by atoms with E-state index in [1.807, 2.05) is 11.8 Å². The molecule has 7 nitrogen and oxygen atoms in total. The Kier molecular flexibility index (Phi) is 5.87. The molecule has 1 aromatic carbocycles. The van der Waals surface area contributed by atoms with E-state index in [9.17, 15) is 8.42 Å². The molecule has 0 radical (unpaired) electrons. The van der Waals surface area contributed by atoms with Crippen LogP contribution in [0, 0.1) is 10.5 Å². The molecule has 0 aliphatic carbocycles. The first kappa shape index (κ1) is 18.5. The maximum absolute atomic E-state index is 12.4. The van der Waals surface area contributed by atoms with E-state index < -0.39 is 10.0 Å². The Labute approximate surface area is 161 Å². The van der Waals surface area contributed by atoms with Crippen LogP contribution in [0.25, 0.3) is 0 Å². The maximum atomic E-state index is 12.4. The van der Waals surface area contributed by atoms with Gasteiger partial charge >= 0.3 is 0 Å². The fraction of sp³-hybridized carbons (Fsp3) is 0.375. The minimum atomic E-state index is -3.57. The summed E-state index contributed by atoms with van der Waals surface area (Å²) >= 11 is 2.14. The van der Waals surface area contributed by atoms with Crippen molar-refractivity contribution in [3.63, 3.8) is 0 Å². The Morgan fingerprint density at radius 1 is 1.20 bits per heavy atom. The first-order chi connectivity index (χ1) is 11.9. The first-order valence-electron chi connectivity index (χ1n) is 7.86. The number of morpholine rings is 1. The van der Waals surface area contributed by atoms with Gasteiger partial charge in [0.15, 0.2) is 0 Å². The minimum absolute atomic E-state index is 0.120. The molecule has 0 atom stereocenters. The highest BCUT2D eigenvalue weighted by Gasteiger charge is 2.17. The van der Waals surface area contributed by atoms with E-state index in [2.05, 4.69) is 37.3 Å². The number of ether oxygens (including phenoxy) is 1. The lowest BCUT2D eigenvalue weighted by molar-refractivity contribution is 0.122. The van der Waals surface area contributed by atoms with Crippen LogP contribution in [0.15, 0.2) is 35.2 Å². The van der Waals surface area contributed by atoms with Crippen molar-refractivity contribution in [2.24, 2.45) is 0 Å². The van der Waals surface area contributed by atoms with Crippen molar-refractivity contribution >= 4 is 38.6 Å². The summed E-state index contributed by atoms with van der Waals surface area (Å²) in [6, 6.07) is 8.50. The predicted molar refractivity (Wildman–Crippen MR) is 103 cm³/mol. The summed E-state index contributed by atoms with van der Waals surface area (Å²) in [5, 5.41) is 0. The molecule has 2 aromatic rings. The van der Waals surface area contributed by atoms with Crippen LogP contribution in [0.4, 0.5) is 5.95 Å². The number of halogens is 1. The zero-order valence-electron chi connectivity index (χ0n) is 13.8. The van der Waals surface area contributed by atoms with Crippen molar-refractivity contribution in [1.82, 2.24) is 14.7 Å². The van der Waals surface area contributed by atoms with Crippen LogP contribution < -0.4 is 9.62 Å². The molecule has 0 unspecified atom stereocenters. The number of hydrogen-bond acceptors (Lipinski definition) is 6. The SMILES string of the molecule is Cc1cc(CNS(=O)(=O)c2ccc(I)cc2)nc(N2CCOCC2)n1. The summed E-state index contributed by atoms with van der Waals surface area (Å²) in [4.78, 5) is 11.2. The van der Waals surface area contributed by atoms with E-state index in [1.165, 1.54) is 0 Å². The molecular formula is C16H19IN4O3S. The summed E-state index contributed by atoms with van der Waals surface area (Å²) in [6.45, 7) is 4.75. The van der Waals surface area contributed by atoms with Gasteiger partial charge in [0, 0.05) is 22.4 Å². The predicted octanol–water partition coefficient (Wildman–Crippen LogP) is 1.70. The van der Waals surface area contributed by atoms with Gasteiger partial charge in [0.05, 0.1) is 30.3 Å². The molecule has 0 bridgehead atoms. The molecule has 1 aromatic heterocycles. The molecule has 1 fully saturated rings. The first-order valence-corrected chi connectivity index (χ1v) is 10.4. The number of aryl methyl sites for hydroxylation is 1. The normalized spacial score (nSPS) is 15.4. The molecule has 1 saturated heterocycles. The molecular weight excluding hydrogens is 455 g/mol. The van der Waals surface area contributed by atoms with Crippen molar-refractivity contribution < 1.29 is 13.2 Å². The van der Waals surface area contributed by atoms with E-state index in [1.54, 1.807) is 30.3 Å². The topological polar surface area (TPSA) is 84.4 Å². The van der Waals surface area contributed by atoms with Gasteiger partial charge in [-0.05, 0) is 59.8 Å². The number of sulfonamides is 1. The van der Waals surface area contributed by atoms with Gasteiger partial charge in [-0.25, -0.2) is 23.1 Å². The Hall–Kier alpha value is -1.30. The molecule has 3 rings (SSSR count). The molecule has 9 heteroatoms. The lowest BCUT2D eigenvalue weighted by atomic mass is 10.3. The number of rotatable bonds is 5. The second-order valence-electron chi connectivity index (χ2n) is 5.68. The monoisotopic (exact) mass is 474 g/mol. The van der Waals surface area contributed by atoms with Crippen LogP contribution >= 0.6 is 22.6 Å². The van der Waals surface area contributed by atoms with Crippen molar-refractivity contribution in [3.8, 4) is 0 Å². The highest BCUT2D eigenvalue weighted by Crippen LogP contribution is 2.14. The van der Waals surface area contributed by atoms with Crippen LogP contribution in [-0.4, -0.2) is 44.7 Å². The molecule has 1 aliphatic rings. The van der Waals surface area contributed by atoms with E-state index in [0.717, 1.165) is 22.4 Å². The Balaban J connectivity index is 1.74. The number of aromatic nitrogens is 2. The quantitative estimate of drug-likeness (QED) is 0.665. The molecule has 134 valence electrons. The van der Waals surface area contributed by atoms with Gasteiger partial charge in [0.2, 0.25) is 16.0 Å². The van der Waals surface area contributed by atoms with Crippen molar-refractivity contribution in [1.29, 1.82) is 0 Å².